The van der Waals surface area contributed by atoms with Gasteiger partial charge in [-0.25, -0.2) is 0 Å². The zero-order valence-electron chi connectivity index (χ0n) is 16.9. The van der Waals surface area contributed by atoms with Gasteiger partial charge in [-0.05, 0) is 37.5 Å². The van der Waals surface area contributed by atoms with Crippen LogP contribution in [0.2, 0.25) is 0 Å². The summed E-state index contributed by atoms with van der Waals surface area (Å²) in [4.78, 5) is 26.9. The summed E-state index contributed by atoms with van der Waals surface area (Å²) >= 11 is 0. The normalized spacial score (nSPS) is 17.8. The van der Waals surface area contributed by atoms with Gasteiger partial charge in [-0.15, -0.1) is 0 Å². The highest BCUT2D eigenvalue weighted by molar-refractivity contribution is 5.89. The highest BCUT2D eigenvalue weighted by atomic mass is 16.2. The Morgan fingerprint density at radius 2 is 1.71 bits per heavy atom. The number of carbonyl (C=O) groups is 2. The van der Waals surface area contributed by atoms with Crippen molar-refractivity contribution in [3.63, 3.8) is 0 Å². The van der Waals surface area contributed by atoms with Crippen molar-refractivity contribution < 1.29 is 9.59 Å². The lowest BCUT2D eigenvalue weighted by atomic mass is 10.0. The quantitative estimate of drug-likeness (QED) is 0.840. The molecule has 148 valence electrons. The van der Waals surface area contributed by atoms with Gasteiger partial charge in [0.25, 0.3) is 0 Å². The zero-order valence-corrected chi connectivity index (χ0v) is 16.9. The Morgan fingerprint density at radius 3 is 2.36 bits per heavy atom. The van der Waals surface area contributed by atoms with Gasteiger partial charge in [0.1, 0.15) is 0 Å². The Kier molecular flexibility index (Phi) is 6.15. The Hall–Kier alpha value is -2.66. The van der Waals surface area contributed by atoms with Crippen LogP contribution >= 0.6 is 0 Å². The highest BCUT2D eigenvalue weighted by Gasteiger charge is 2.32. The van der Waals surface area contributed by atoms with Gasteiger partial charge < -0.3 is 10.6 Å². The predicted molar refractivity (Wildman–Crippen MR) is 112 cm³/mol. The van der Waals surface area contributed by atoms with E-state index in [4.69, 9.17) is 0 Å². The zero-order chi connectivity index (χ0) is 20.1. The van der Waals surface area contributed by atoms with E-state index in [-0.39, 0.29) is 23.8 Å². The van der Waals surface area contributed by atoms with Crippen molar-refractivity contribution in [3.8, 4) is 11.1 Å². The van der Waals surface area contributed by atoms with Crippen molar-refractivity contribution in [2.24, 2.45) is 0 Å². The summed E-state index contributed by atoms with van der Waals surface area (Å²) in [6.07, 6.45) is 0.172. The second kappa shape index (κ2) is 8.57. The monoisotopic (exact) mass is 379 g/mol. The van der Waals surface area contributed by atoms with E-state index in [1.807, 2.05) is 39.0 Å². The second-order valence-electron chi connectivity index (χ2n) is 8.34. The minimum atomic E-state index is -0.440. The molecule has 1 heterocycles. The number of rotatable bonds is 5. The van der Waals surface area contributed by atoms with E-state index in [0.29, 0.717) is 13.1 Å². The number of nitrogens with zero attached hydrogens (tertiary/aromatic N) is 1. The third-order valence-electron chi connectivity index (χ3n) is 4.78. The Bertz CT molecular complexity index is 810. The van der Waals surface area contributed by atoms with Crippen molar-refractivity contribution in [2.75, 3.05) is 13.1 Å². The van der Waals surface area contributed by atoms with Gasteiger partial charge >= 0.3 is 0 Å². The highest BCUT2D eigenvalue weighted by Crippen LogP contribution is 2.21. The number of benzene rings is 2. The molecule has 2 amide bonds. The van der Waals surface area contributed by atoms with Crippen LogP contribution in [0.1, 0.15) is 32.8 Å². The number of hydrogen-bond donors (Lipinski definition) is 2. The minimum absolute atomic E-state index is 0.0729. The smallest absolute Gasteiger partial charge is 0.237 e. The molecular formula is C23H29N3O2. The molecule has 1 atom stereocenters. The van der Waals surface area contributed by atoms with Gasteiger partial charge in [0.15, 0.2) is 0 Å². The number of nitrogens with one attached hydrogen (secondary N) is 2. The standard InChI is InChI=1S/C23H29N3O2/c1-23(2,3)25-21(27)15-20-22(28)24-13-14-26(20)16-17-9-11-19(12-10-17)18-7-5-4-6-8-18/h4-12,20H,13-16H2,1-3H3,(H,24,28)(H,25,27). The molecule has 0 saturated carbocycles. The maximum Gasteiger partial charge on any atom is 0.237 e. The average Bonchev–Trinajstić information content (AvgIpc) is 2.64. The van der Waals surface area contributed by atoms with Gasteiger partial charge in [0.05, 0.1) is 12.5 Å². The summed E-state index contributed by atoms with van der Waals surface area (Å²) in [5.41, 5.74) is 3.18. The van der Waals surface area contributed by atoms with E-state index < -0.39 is 6.04 Å². The first-order valence-electron chi connectivity index (χ1n) is 9.79. The Balaban J connectivity index is 1.68. The topological polar surface area (TPSA) is 61.4 Å². The minimum Gasteiger partial charge on any atom is -0.353 e. The first-order chi connectivity index (χ1) is 13.3. The molecule has 0 bridgehead atoms. The molecule has 28 heavy (non-hydrogen) atoms. The van der Waals surface area contributed by atoms with Gasteiger partial charge in [-0.3, -0.25) is 14.5 Å². The summed E-state index contributed by atoms with van der Waals surface area (Å²) in [5.74, 6) is -0.171. The number of amides is 2. The molecule has 2 N–H and O–H groups in total. The predicted octanol–water partition coefficient (Wildman–Crippen LogP) is 2.96. The number of piperazine rings is 1. The maximum absolute atomic E-state index is 12.4. The van der Waals surface area contributed by atoms with E-state index in [0.717, 1.165) is 12.1 Å². The average molecular weight is 380 g/mol. The number of hydrogen-bond acceptors (Lipinski definition) is 3. The molecule has 2 aromatic rings. The molecule has 1 aliphatic rings. The van der Waals surface area contributed by atoms with Crippen molar-refractivity contribution in [1.82, 2.24) is 15.5 Å². The van der Waals surface area contributed by atoms with E-state index >= 15 is 0 Å². The van der Waals surface area contributed by atoms with Crippen LogP contribution in [0.15, 0.2) is 54.6 Å². The molecule has 1 aliphatic heterocycles. The Morgan fingerprint density at radius 1 is 1.07 bits per heavy atom. The maximum atomic E-state index is 12.4. The summed E-state index contributed by atoms with van der Waals surface area (Å²) in [5, 5.41) is 5.84. The van der Waals surface area contributed by atoms with Crippen LogP contribution in [-0.2, 0) is 16.1 Å². The second-order valence-corrected chi connectivity index (χ2v) is 8.34. The van der Waals surface area contributed by atoms with Crippen LogP contribution in [-0.4, -0.2) is 41.4 Å². The third kappa shape index (κ3) is 5.42. The van der Waals surface area contributed by atoms with Gasteiger partial charge in [-0.1, -0.05) is 54.6 Å². The van der Waals surface area contributed by atoms with Crippen molar-refractivity contribution in [1.29, 1.82) is 0 Å². The largest absolute Gasteiger partial charge is 0.353 e. The molecular weight excluding hydrogens is 350 g/mol. The van der Waals surface area contributed by atoms with Crippen LogP contribution < -0.4 is 10.6 Å². The lowest BCUT2D eigenvalue weighted by Gasteiger charge is -2.35. The van der Waals surface area contributed by atoms with Crippen LogP contribution in [0.5, 0.6) is 0 Å². The van der Waals surface area contributed by atoms with Crippen LogP contribution in [0.25, 0.3) is 11.1 Å². The fraction of sp³-hybridized carbons (Fsp3) is 0.391. The van der Waals surface area contributed by atoms with Crippen molar-refractivity contribution in [2.45, 2.75) is 45.3 Å². The molecule has 0 radical (unpaired) electrons. The fourth-order valence-corrected chi connectivity index (χ4v) is 3.49. The van der Waals surface area contributed by atoms with E-state index in [1.54, 1.807) is 0 Å². The van der Waals surface area contributed by atoms with Gasteiger partial charge in [-0.2, -0.15) is 0 Å². The lowest BCUT2D eigenvalue weighted by molar-refractivity contribution is -0.134. The molecule has 0 aliphatic carbocycles. The molecule has 5 heteroatoms. The molecule has 2 aromatic carbocycles. The molecule has 0 aromatic heterocycles. The summed E-state index contributed by atoms with van der Waals surface area (Å²) < 4.78 is 0. The lowest BCUT2D eigenvalue weighted by Crippen LogP contribution is -2.56. The van der Waals surface area contributed by atoms with E-state index in [2.05, 4.69) is 51.9 Å². The van der Waals surface area contributed by atoms with Crippen LogP contribution in [0.3, 0.4) is 0 Å². The van der Waals surface area contributed by atoms with Crippen LogP contribution in [0.4, 0.5) is 0 Å². The van der Waals surface area contributed by atoms with Gasteiger partial charge in [0.2, 0.25) is 11.8 Å². The van der Waals surface area contributed by atoms with Crippen molar-refractivity contribution >= 4 is 11.8 Å². The third-order valence-corrected chi connectivity index (χ3v) is 4.78. The Labute approximate surface area is 167 Å². The first-order valence-corrected chi connectivity index (χ1v) is 9.79. The molecule has 0 spiro atoms. The SMILES string of the molecule is CC(C)(C)NC(=O)CC1C(=O)NCCN1Cc1ccc(-c2ccccc2)cc1. The summed E-state index contributed by atoms with van der Waals surface area (Å²) in [6.45, 7) is 7.82. The first kappa shape index (κ1) is 20.1. The van der Waals surface area contributed by atoms with Crippen LogP contribution in [0, 0.1) is 0 Å². The molecule has 3 rings (SSSR count). The molecule has 1 saturated heterocycles. The summed E-state index contributed by atoms with van der Waals surface area (Å²) in [6, 6.07) is 18.2. The molecule has 1 unspecified atom stereocenters. The summed E-state index contributed by atoms with van der Waals surface area (Å²) in [7, 11) is 0. The van der Waals surface area contributed by atoms with Crippen molar-refractivity contribution in [3.05, 3.63) is 60.2 Å². The van der Waals surface area contributed by atoms with E-state index in [9.17, 15) is 9.59 Å². The molecule has 5 nitrogen and oxygen atoms in total. The molecule has 1 fully saturated rings. The number of carbonyl (C=O) groups excluding carboxylic acids is 2. The van der Waals surface area contributed by atoms with E-state index in [1.165, 1.54) is 11.1 Å². The fourth-order valence-electron chi connectivity index (χ4n) is 3.49. The van der Waals surface area contributed by atoms with Gasteiger partial charge in [0, 0.05) is 25.2 Å².